The first-order valence-corrected chi connectivity index (χ1v) is 15.6. The summed E-state index contributed by atoms with van der Waals surface area (Å²) in [5, 5.41) is 3.36. The molecule has 3 rings (SSSR count). The van der Waals surface area contributed by atoms with Crippen LogP contribution >= 0.6 is 11.6 Å². The lowest BCUT2D eigenvalue weighted by Crippen LogP contribution is -2.55. The molecule has 0 unspecified atom stereocenters. The van der Waals surface area contributed by atoms with Gasteiger partial charge in [-0.15, -0.1) is 0 Å². The summed E-state index contributed by atoms with van der Waals surface area (Å²) in [5.74, 6) is -0.238. The topological polar surface area (TPSA) is 96.0 Å². The van der Waals surface area contributed by atoms with Crippen molar-refractivity contribution in [3.05, 3.63) is 88.4 Å². The molecule has 0 saturated carbocycles. The molecule has 0 aliphatic heterocycles. The summed E-state index contributed by atoms with van der Waals surface area (Å²) >= 11 is 6.03. The van der Waals surface area contributed by atoms with Gasteiger partial charge in [-0.3, -0.25) is 13.9 Å². The summed E-state index contributed by atoms with van der Waals surface area (Å²) in [5.41, 5.74) is 2.41. The van der Waals surface area contributed by atoms with Crippen LogP contribution in [0, 0.1) is 13.8 Å². The fourth-order valence-electron chi connectivity index (χ4n) is 4.48. The fourth-order valence-corrected chi connectivity index (χ4v) is 6.02. The number of carbonyl (C=O) groups excluding carboxylic acids is 2. The number of rotatable bonds is 11. The summed E-state index contributed by atoms with van der Waals surface area (Å²) in [4.78, 5) is 29.1. The second kappa shape index (κ2) is 13.6. The van der Waals surface area contributed by atoms with E-state index in [1.54, 1.807) is 37.4 Å². The van der Waals surface area contributed by atoms with Crippen molar-refractivity contribution in [2.75, 3.05) is 18.0 Å². The Morgan fingerprint density at radius 3 is 2.21 bits per heavy atom. The molecule has 0 aliphatic rings. The number of anilines is 1. The zero-order valence-electron chi connectivity index (χ0n) is 25.3. The number of sulfonamides is 1. The van der Waals surface area contributed by atoms with Gasteiger partial charge in [0.2, 0.25) is 11.8 Å². The standard InChI is InChI=1S/C32H40ClN3O5S/c1-8-29(31(38)34-32(4,5)6)35(20-24-10-9-11-27(19-24)41-7)30(37)21-36(26-15-12-22(2)23(3)18-26)42(39,40)28-16-13-25(33)14-17-28/h9-19,29H,8,20-21H2,1-7H3,(H,34,38)/t29-/m1/s1. The van der Waals surface area contributed by atoms with E-state index in [2.05, 4.69) is 5.32 Å². The first-order chi connectivity index (χ1) is 19.7. The van der Waals surface area contributed by atoms with Crippen LogP contribution in [0.5, 0.6) is 5.75 Å². The van der Waals surface area contributed by atoms with Crippen LogP contribution in [-0.2, 0) is 26.2 Å². The van der Waals surface area contributed by atoms with Crippen LogP contribution in [0.2, 0.25) is 5.02 Å². The molecule has 8 nitrogen and oxygen atoms in total. The van der Waals surface area contributed by atoms with Crippen molar-refractivity contribution < 1.29 is 22.7 Å². The molecule has 0 aromatic heterocycles. The molecule has 0 heterocycles. The van der Waals surface area contributed by atoms with E-state index in [0.717, 1.165) is 21.0 Å². The first-order valence-electron chi connectivity index (χ1n) is 13.8. The summed E-state index contributed by atoms with van der Waals surface area (Å²) in [7, 11) is -2.64. The van der Waals surface area contributed by atoms with Crippen LogP contribution < -0.4 is 14.4 Å². The van der Waals surface area contributed by atoms with Crippen LogP contribution in [0.15, 0.2) is 71.6 Å². The highest BCUT2D eigenvalue weighted by Crippen LogP contribution is 2.28. The molecule has 226 valence electrons. The smallest absolute Gasteiger partial charge is 0.264 e. The Hall–Kier alpha value is -3.56. The number of ether oxygens (including phenoxy) is 1. The van der Waals surface area contributed by atoms with E-state index in [0.29, 0.717) is 22.9 Å². The van der Waals surface area contributed by atoms with E-state index in [1.165, 1.54) is 29.2 Å². The van der Waals surface area contributed by atoms with Crippen molar-refractivity contribution >= 4 is 39.1 Å². The van der Waals surface area contributed by atoms with E-state index >= 15 is 0 Å². The average Bonchev–Trinajstić information content (AvgIpc) is 2.92. The maximum atomic E-state index is 14.2. The van der Waals surface area contributed by atoms with Gasteiger partial charge < -0.3 is 15.0 Å². The largest absolute Gasteiger partial charge is 0.497 e. The molecular weight excluding hydrogens is 574 g/mol. The van der Waals surface area contributed by atoms with Crippen LogP contribution in [0.1, 0.15) is 50.8 Å². The van der Waals surface area contributed by atoms with E-state index in [4.69, 9.17) is 16.3 Å². The molecule has 1 N–H and O–H groups in total. The van der Waals surface area contributed by atoms with Crippen molar-refractivity contribution in [3.8, 4) is 5.75 Å². The van der Waals surface area contributed by atoms with Gasteiger partial charge in [0, 0.05) is 17.1 Å². The van der Waals surface area contributed by atoms with Crippen molar-refractivity contribution in [2.45, 2.75) is 71.0 Å². The van der Waals surface area contributed by atoms with Crippen molar-refractivity contribution in [2.24, 2.45) is 0 Å². The molecule has 2 amide bonds. The number of hydrogen-bond donors (Lipinski definition) is 1. The highest BCUT2D eigenvalue weighted by Gasteiger charge is 2.34. The summed E-state index contributed by atoms with van der Waals surface area (Å²) in [6.45, 7) is 10.8. The van der Waals surface area contributed by atoms with Gasteiger partial charge in [-0.05, 0) is 106 Å². The van der Waals surface area contributed by atoms with Gasteiger partial charge in [-0.1, -0.05) is 36.7 Å². The molecule has 0 aliphatic carbocycles. The van der Waals surface area contributed by atoms with Gasteiger partial charge in [0.05, 0.1) is 17.7 Å². The second-order valence-corrected chi connectivity index (χ2v) is 13.6. The van der Waals surface area contributed by atoms with Gasteiger partial charge in [0.15, 0.2) is 0 Å². The van der Waals surface area contributed by atoms with Gasteiger partial charge in [-0.25, -0.2) is 8.42 Å². The molecule has 10 heteroatoms. The maximum Gasteiger partial charge on any atom is 0.264 e. The number of benzene rings is 3. The third kappa shape index (κ3) is 8.26. The molecule has 1 atom stereocenters. The summed E-state index contributed by atoms with van der Waals surface area (Å²) < 4.78 is 34.5. The Kier molecular flexibility index (Phi) is 10.7. The monoisotopic (exact) mass is 613 g/mol. The predicted octanol–water partition coefficient (Wildman–Crippen LogP) is 5.88. The van der Waals surface area contributed by atoms with E-state index in [9.17, 15) is 18.0 Å². The van der Waals surface area contributed by atoms with E-state index < -0.39 is 34.1 Å². The lowest BCUT2D eigenvalue weighted by atomic mass is 10.1. The lowest BCUT2D eigenvalue weighted by Gasteiger charge is -2.35. The third-order valence-electron chi connectivity index (χ3n) is 6.83. The normalized spacial score (nSPS) is 12.4. The molecule has 42 heavy (non-hydrogen) atoms. The number of nitrogens with one attached hydrogen (secondary N) is 1. The minimum atomic E-state index is -4.19. The molecule has 3 aromatic carbocycles. The molecule has 0 radical (unpaired) electrons. The number of methoxy groups -OCH3 is 1. The molecule has 3 aromatic rings. The molecular formula is C32H40ClN3O5S. The van der Waals surface area contributed by atoms with Crippen LogP contribution in [0.3, 0.4) is 0 Å². The fraction of sp³-hybridized carbons (Fsp3) is 0.375. The Labute approximate surface area is 254 Å². The van der Waals surface area contributed by atoms with Crippen molar-refractivity contribution in [1.29, 1.82) is 0 Å². The Balaban J connectivity index is 2.11. The van der Waals surface area contributed by atoms with E-state index in [-0.39, 0.29) is 17.3 Å². The first kappa shape index (κ1) is 32.9. The predicted molar refractivity (Wildman–Crippen MR) is 167 cm³/mol. The van der Waals surface area contributed by atoms with Gasteiger partial charge in [0.25, 0.3) is 10.0 Å². The van der Waals surface area contributed by atoms with Gasteiger partial charge in [-0.2, -0.15) is 0 Å². The Morgan fingerprint density at radius 1 is 0.976 bits per heavy atom. The maximum absolute atomic E-state index is 14.2. The van der Waals surface area contributed by atoms with Gasteiger partial charge >= 0.3 is 0 Å². The second-order valence-electron chi connectivity index (χ2n) is 11.3. The van der Waals surface area contributed by atoms with Crippen molar-refractivity contribution in [3.63, 3.8) is 0 Å². The average molecular weight is 614 g/mol. The number of aryl methyl sites for hydroxylation is 2. The quantitative estimate of drug-likeness (QED) is 0.291. The number of hydrogen-bond acceptors (Lipinski definition) is 5. The van der Waals surface area contributed by atoms with Gasteiger partial charge in [0.1, 0.15) is 18.3 Å². The third-order valence-corrected chi connectivity index (χ3v) is 8.87. The molecule has 0 spiro atoms. The minimum absolute atomic E-state index is 0.00482. The minimum Gasteiger partial charge on any atom is -0.497 e. The summed E-state index contributed by atoms with van der Waals surface area (Å²) in [6, 6.07) is 17.4. The number of carbonyl (C=O) groups is 2. The number of amides is 2. The Bertz CT molecular complexity index is 1520. The SMILES string of the molecule is CC[C@H](C(=O)NC(C)(C)C)N(Cc1cccc(OC)c1)C(=O)CN(c1ccc(C)c(C)c1)S(=O)(=O)c1ccc(Cl)cc1. The zero-order valence-corrected chi connectivity index (χ0v) is 26.8. The summed E-state index contributed by atoms with van der Waals surface area (Å²) in [6.07, 6.45) is 0.325. The molecule has 0 bridgehead atoms. The number of halogens is 1. The zero-order chi connectivity index (χ0) is 31.2. The lowest BCUT2D eigenvalue weighted by molar-refractivity contribution is -0.141. The van der Waals surface area contributed by atoms with Crippen molar-refractivity contribution in [1.82, 2.24) is 10.2 Å². The van der Waals surface area contributed by atoms with Crippen LogP contribution in [0.25, 0.3) is 0 Å². The van der Waals surface area contributed by atoms with E-state index in [1.807, 2.05) is 53.7 Å². The molecule has 0 saturated heterocycles. The number of nitrogens with zero attached hydrogens (tertiary/aromatic N) is 2. The molecule has 0 fully saturated rings. The van der Waals surface area contributed by atoms with Crippen LogP contribution in [0.4, 0.5) is 5.69 Å². The van der Waals surface area contributed by atoms with Crippen LogP contribution in [-0.4, -0.2) is 50.4 Å². The highest BCUT2D eigenvalue weighted by atomic mass is 35.5. The Morgan fingerprint density at radius 2 is 1.64 bits per heavy atom. The highest BCUT2D eigenvalue weighted by molar-refractivity contribution is 7.92.